The topological polar surface area (TPSA) is 58.4 Å². The molecule has 0 radical (unpaired) electrons. The van der Waals surface area contributed by atoms with Crippen LogP contribution < -0.4 is 11.1 Å². The number of anilines is 1. The molecule has 1 fully saturated rings. The smallest absolute Gasteiger partial charge is 0.238 e. The molecule has 1 aromatic rings. The molecule has 0 bridgehead atoms. The van der Waals surface area contributed by atoms with Crippen molar-refractivity contribution >= 4 is 34.2 Å². The number of nitrogens with zero attached hydrogens (tertiary/aromatic N) is 1. The third-order valence-corrected chi connectivity index (χ3v) is 3.89. The Bertz CT molecular complexity index is 428. The molecule has 1 amide bonds. The van der Waals surface area contributed by atoms with E-state index in [1.165, 1.54) is 0 Å². The number of likely N-dealkylation sites (tertiary alicyclic amines) is 1. The van der Waals surface area contributed by atoms with Gasteiger partial charge >= 0.3 is 0 Å². The highest BCUT2D eigenvalue weighted by atomic mass is 127. The summed E-state index contributed by atoms with van der Waals surface area (Å²) >= 11 is 2.23. The van der Waals surface area contributed by atoms with Crippen LogP contribution in [0.2, 0.25) is 0 Å². The maximum atomic E-state index is 11.9. The number of hydrogen-bond donors (Lipinski definition) is 2. The Morgan fingerprint density at radius 3 is 2.94 bits per heavy atom. The molecular weight excluding hydrogens is 341 g/mol. The molecule has 0 aliphatic carbocycles. The van der Waals surface area contributed by atoms with Crippen LogP contribution >= 0.6 is 22.6 Å². The molecule has 0 saturated carbocycles. The van der Waals surface area contributed by atoms with Gasteiger partial charge in [0, 0.05) is 28.4 Å². The molecule has 2 rings (SSSR count). The van der Waals surface area contributed by atoms with Crippen molar-refractivity contribution in [2.75, 3.05) is 25.0 Å². The third kappa shape index (κ3) is 3.66. The maximum absolute atomic E-state index is 11.9. The molecule has 5 heteroatoms. The van der Waals surface area contributed by atoms with E-state index in [0.717, 1.165) is 22.3 Å². The molecule has 1 aliphatic rings. The summed E-state index contributed by atoms with van der Waals surface area (Å²) < 4.78 is 1.11. The van der Waals surface area contributed by atoms with E-state index in [-0.39, 0.29) is 11.9 Å². The molecule has 1 aromatic carbocycles. The van der Waals surface area contributed by atoms with Crippen LogP contribution in [0.3, 0.4) is 0 Å². The second-order valence-corrected chi connectivity index (χ2v) is 6.14. The standard InChI is InChI=1S/C13H18IN3O/c1-9-6-17(7-12(9)15)8-13(18)16-11-4-2-3-10(14)5-11/h2-5,9,12H,6-8,15H2,1H3,(H,16,18). The fourth-order valence-electron chi connectivity index (χ4n) is 2.19. The normalized spacial score (nSPS) is 24.2. The second-order valence-electron chi connectivity index (χ2n) is 4.89. The Labute approximate surface area is 121 Å². The van der Waals surface area contributed by atoms with E-state index in [1.807, 2.05) is 24.3 Å². The van der Waals surface area contributed by atoms with Crippen molar-refractivity contribution in [1.82, 2.24) is 4.90 Å². The summed E-state index contributed by atoms with van der Waals surface area (Å²) in [6.45, 7) is 4.26. The number of benzene rings is 1. The second kappa shape index (κ2) is 5.99. The van der Waals surface area contributed by atoms with E-state index >= 15 is 0 Å². The molecule has 0 aromatic heterocycles. The average molecular weight is 359 g/mol. The lowest BCUT2D eigenvalue weighted by Crippen LogP contribution is -2.33. The summed E-state index contributed by atoms with van der Waals surface area (Å²) in [5.41, 5.74) is 6.79. The highest BCUT2D eigenvalue weighted by Gasteiger charge is 2.27. The van der Waals surface area contributed by atoms with E-state index < -0.39 is 0 Å². The van der Waals surface area contributed by atoms with Crippen molar-refractivity contribution in [3.63, 3.8) is 0 Å². The molecule has 1 saturated heterocycles. The molecule has 2 atom stereocenters. The zero-order chi connectivity index (χ0) is 13.1. The SMILES string of the molecule is CC1CN(CC(=O)Nc2cccc(I)c2)CC1N. The van der Waals surface area contributed by atoms with Crippen LogP contribution in [0.1, 0.15) is 6.92 Å². The minimum atomic E-state index is 0.0262. The lowest BCUT2D eigenvalue weighted by molar-refractivity contribution is -0.117. The molecule has 98 valence electrons. The number of halogens is 1. The van der Waals surface area contributed by atoms with Gasteiger partial charge in [0.2, 0.25) is 5.91 Å². The lowest BCUT2D eigenvalue weighted by Gasteiger charge is -2.14. The minimum Gasteiger partial charge on any atom is -0.326 e. The summed E-state index contributed by atoms with van der Waals surface area (Å²) in [6, 6.07) is 7.98. The highest BCUT2D eigenvalue weighted by molar-refractivity contribution is 14.1. The molecular formula is C13H18IN3O. The fraction of sp³-hybridized carbons (Fsp3) is 0.462. The largest absolute Gasteiger partial charge is 0.326 e. The first-order valence-corrected chi connectivity index (χ1v) is 7.16. The van der Waals surface area contributed by atoms with Crippen LogP contribution in [-0.4, -0.2) is 36.5 Å². The van der Waals surface area contributed by atoms with Gasteiger partial charge in [-0.2, -0.15) is 0 Å². The van der Waals surface area contributed by atoms with Crippen LogP contribution in [0.25, 0.3) is 0 Å². The highest BCUT2D eigenvalue weighted by Crippen LogP contribution is 2.15. The van der Waals surface area contributed by atoms with E-state index in [0.29, 0.717) is 12.5 Å². The zero-order valence-corrected chi connectivity index (χ0v) is 12.6. The van der Waals surface area contributed by atoms with Crippen molar-refractivity contribution in [3.8, 4) is 0 Å². The average Bonchev–Trinajstić information content (AvgIpc) is 2.57. The van der Waals surface area contributed by atoms with Gasteiger partial charge in [-0.05, 0) is 46.7 Å². The van der Waals surface area contributed by atoms with E-state index in [2.05, 4.69) is 39.7 Å². The van der Waals surface area contributed by atoms with Crippen LogP contribution in [0.5, 0.6) is 0 Å². The third-order valence-electron chi connectivity index (χ3n) is 3.22. The summed E-state index contributed by atoms with van der Waals surface area (Å²) in [6.07, 6.45) is 0. The zero-order valence-electron chi connectivity index (χ0n) is 10.4. The molecule has 1 aliphatic heterocycles. The van der Waals surface area contributed by atoms with Gasteiger partial charge in [0.15, 0.2) is 0 Å². The van der Waals surface area contributed by atoms with Crippen molar-refractivity contribution in [1.29, 1.82) is 0 Å². The Hall–Kier alpha value is -0.660. The van der Waals surface area contributed by atoms with Crippen molar-refractivity contribution < 1.29 is 4.79 Å². The van der Waals surface area contributed by atoms with Crippen LogP contribution in [0.15, 0.2) is 24.3 Å². The molecule has 3 N–H and O–H groups in total. The number of amides is 1. The minimum absolute atomic E-state index is 0.0262. The first-order chi connectivity index (χ1) is 8.54. The maximum Gasteiger partial charge on any atom is 0.238 e. The monoisotopic (exact) mass is 359 g/mol. The first-order valence-electron chi connectivity index (χ1n) is 6.08. The first kappa shape index (κ1) is 13.8. The number of nitrogens with two attached hydrogens (primary N) is 1. The quantitative estimate of drug-likeness (QED) is 0.805. The van der Waals surface area contributed by atoms with Crippen molar-refractivity contribution in [2.24, 2.45) is 11.7 Å². The van der Waals surface area contributed by atoms with Crippen LogP contribution in [0.4, 0.5) is 5.69 Å². The number of carbonyl (C=O) groups is 1. The van der Waals surface area contributed by atoms with Gasteiger partial charge in [0.05, 0.1) is 6.54 Å². The predicted octanol–water partition coefficient (Wildman–Crippen LogP) is 1.51. The number of hydrogen-bond acceptors (Lipinski definition) is 3. The Morgan fingerprint density at radius 1 is 1.56 bits per heavy atom. The van der Waals surface area contributed by atoms with Gasteiger partial charge in [-0.3, -0.25) is 9.69 Å². The predicted molar refractivity (Wildman–Crippen MR) is 81.4 cm³/mol. The summed E-state index contributed by atoms with van der Waals surface area (Å²) in [7, 11) is 0. The Balaban J connectivity index is 1.86. The molecule has 2 unspecified atom stereocenters. The van der Waals surface area contributed by atoms with Gasteiger partial charge < -0.3 is 11.1 Å². The molecule has 4 nitrogen and oxygen atoms in total. The number of rotatable bonds is 3. The number of nitrogens with one attached hydrogen (secondary N) is 1. The molecule has 1 heterocycles. The van der Waals surface area contributed by atoms with Gasteiger partial charge in [-0.25, -0.2) is 0 Å². The Morgan fingerprint density at radius 2 is 2.33 bits per heavy atom. The van der Waals surface area contributed by atoms with Crippen molar-refractivity contribution in [3.05, 3.63) is 27.8 Å². The number of carbonyl (C=O) groups excluding carboxylic acids is 1. The van der Waals surface area contributed by atoms with Gasteiger partial charge in [0.25, 0.3) is 0 Å². The lowest BCUT2D eigenvalue weighted by atomic mass is 10.1. The summed E-state index contributed by atoms with van der Waals surface area (Å²) in [4.78, 5) is 14.0. The Kier molecular flexibility index (Phi) is 4.58. The van der Waals surface area contributed by atoms with Gasteiger partial charge in [-0.15, -0.1) is 0 Å². The van der Waals surface area contributed by atoms with E-state index in [4.69, 9.17) is 5.73 Å². The van der Waals surface area contributed by atoms with Gasteiger partial charge in [-0.1, -0.05) is 13.0 Å². The molecule has 0 spiro atoms. The summed E-state index contributed by atoms with van der Waals surface area (Å²) in [5, 5.41) is 2.91. The van der Waals surface area contributed by atoms with Crippen LogP contribution in [-0.2, 0) is 4.79 Å². The van der Waals surface area contributed by atoms with E-state index in [1.54, 1.807) is 0 Å². The molecule has 18 heavy (non-hydrogen) atoms. The fourth-order valence-corrected chi connectivity index (χ4v) is 2.74. The summed E-state index contributed by atoms with van der Waals surface area (Å²) in [5.74, 6) is 0.494. The van der Waals surface area contributed by atoms with Crippen molar-refractivity contribution in [2.45, 2.75) is 13.0 Å². The van der Waals surface area contributed by atoms with Gasteiger partial charge in [0.1, 0.15) is 0 Å². The van der Waals surface area contributed by atoms with E-state index in [9.17, 15) is 4.79 Å². The van der Waals surface area contributed by atoms with Crippen LogP contribution in [0, 0.1) is 9.49 Å².